The summed E-state index contributed by atoms with van der Waals surface area (Å²) in [6.07, 6.45) is 3.52. The SMILES string of the molecule is CC(C)C1=Cc2ccc(C(C)(C)C)cc2C1. The normalized spacial score (nSPS) is 15.2. The van der Waals surface area contributed by atoms with Gasteiger partial charge < -0.3 is 0 Å². The Morgan fingerprint density at radius 1 is 1.12 bits per heavy atom. The Bertz CT molecular complexity index is 428. The van der Waals surface area contributed by atoms with E-state index in [1.807, 2.05) is 0 Å². The van der Waals surface area contributed by atoms with Crippen LogP contribution in [0.4, 0.5) is 0 Å². The first-order chi connectivity index (χ1) is 7.38. The molecular weight excluding hydrogens is 192 g/mol. The molecule has 0 aromatic heterocycles. The van der Waals surface area contributed by atoms with E-state index in [2.05, 4.69) is 58.9 Å². The van der Waals surface area contributed by atoms with Crippen LogP contribution in [0, 0.1) is 5.92 Å². The molecule has 0 atom stereocenters. The fourth-order valence-corrected chi connectivity index (χ4v) is 2.21. The van der Waals surface area contributed by atoms with Crippen molar-refractivity contribution in [3.8, 4) is 0 Å². The van der Waals surface area contributed by atoms with Crippen molar-refractivity contribution in [3.05, 3.63) is 40.5 Å². The van der Waals surface area contributed by atoms with Crippen LogP contribution in [-0.4, -0.2) is 0 Å². The summed E-state index contributed by atoms with van der Waals surface area (Å²) in [5.74, 6) is 0.672. The Labute approximate surface area is 99.4 Å². The van der Waals surface area contributed by atoms with E-state index in [9.17, 15) is 0 Å². The van der Waals surface area contributed by atoms with Gasteiger partial charge in [0.25, 0.3) is 0 Å². The standard InChI is InChI=1S/C16H22/c1-11(2)13-8-12-6-7-15(16(3,4)5)10-14(12)9-13/h6-8,10-11H,9H2,1-5H3. The summed E-state index contributed by atoms with van der Waals surface area (Å²) in [6, 6.07) is 6.95. The number of hydrogen-bond acceptors (Lipinski definition) is 0. The molecule has 0 radical (unpaired) electrons. The molecule has 0 heterocycles. The van der Waals surface area contributed by atoms with Crippen molar-refractivity contribution in [2.24, 2.45) is 5.92 Å². The number of rotatable bonds is 1. The van der Waals surface area contributed by atoms with E-state index in [1.54, 1.807) is 5.57 Å². The summed E-state index contributed by atoms with van der Waals surface area (Å²) in [5, 5.41) is 0. The molecule has 86 valence electrons. The molecule has 0 bridgehead atoms. The lowest BCUT2D eigenvalue weighted by Crippen LogP contribution is -2.11. The molecule has 0 unspecified atom stereocenters. The summed E-state index contributed by atoms with van der Waals surface area (Å²) in [5.41, 5.74) is 6.22. The third-order valence-corrected chi connectivity index (χ3v) is 3.49. The summed E-state index contributed by atoms with van der Waals surface area (Å²) in [6.45, 7) is 11.4. The van der Waals surface area contributed by atoms with E-state index in [0.717, 1.165) is 6.42 Å². The summed E-state index contributed by atoms with van der Waals surface area (Å²) < 4.78 is 0. The maximum absolute atomic E-state index is 2.39. The predicted molar refractivity (Wildman–Crippen MR) is 71.7 cm³/mol. The van der Waals surface area contributed by atoms with Gasteiger partial charge in [0, 0.05) is 0 Å². The first-order valence-electron chi connectivity index (χ1n) is 6.22. The van der Waals surface area contributed by atoms with Crippen molar-refractivity contribution in [2.45, 2.75) is 46.5 Å². The highest BCUT2D eigenvalue weighted by molar-refractivity contribution is 5.64. The zero-order valence-corrected chi connectivity index (χ0v) is 11.1. The maximum Gasteiger partial charge on any atom is -0.00552 e. The minimum absolute atomic E-state index is 0.260. The van der Waals surface area contributed by atoms with Gasteiger partial charge in [-0.05, 0) is 34.4 Å². The van der Waals surface area contributed by atoms with Gasteiger partial charge in [0.1, 0.15) is 0 Å². The number of fused-ring (bicyclic) bond motifs is 1. The van der Waals surface area contributed by atoms with Crippen LogP contribution in [0.3, 0.4) is 0 Å². The third-order valence-electron chi connectivity index (χ3n) is 3.49. The Kier molecular flexibility index (Phi) is 2.69. The molecule has 0 amide bonds. The molecule has 2 rings (SSSR count). The molecule has 0 spiro atoms. The van der Waals surface area contributed by atoms with Gasteiger partial charge in [0.05, 0.1) is 0 Å². The molecule has 0 heteroatoms. The Hall–Kier alpha value is -1.04. The van der Waals surface area contributed by atoms with E-state index < -0.39 is 0 Å². The first kappa shape index (κ1) is 11.4. The topological polar surface area (TPSA) is 0 Å². The molecule has 1 aliphatic carbocycles. The Morgan fingerprint density at radius 2 is 1.81 bits per heavy atom. The molecule has 0 aliphatic heterocycles. The van der Waals surface area contributed by atoms with Crippen LogP contribution >= 0.6 is 0 Å². The third kappa shape index (κ3) is 2.07. The molecule has 1 aromatic carbocycles. The van der Waals surface area contributed by atoms with Gasteiger partial charge in [-0.3, -0.25) is 0 Å². The molecule has 0 nitrogen and oxygen atoms in total. The van der Waals surface area contributed by atoms with Crippen LogP contribution in [0.25, 0.3) is 6.08 Å². The van der Waals surface area contributed by atoms with Gasteiger partial charge in [-0.2, -0.15) is 0 Å². The van der Waals surface area contributed by atoms with Crippen LogP contribution in [0.5, 0.6) is 0 Å². The minimum atomic E-state index is 0.260. The highest BCUT2D eigenvalue weighted by atomic mass is 14.2. The van der Waals surface area contributed by atoms with Gasteiger partial charge in [0.2, 0.25) is 0 Å². The van der Waals surface area contributed by atoms with Crippen LogP contribution in [0.2, 0.25) is 0 Å². The van der Waals surface area contributed by atoms with E-state index in [1.165, 1.54) is 16.7 Å². The van der Waals surface area contributed by atoms with Crippen molar-refractivity contribution in [2.75, 3.05) is 0 Å². The van der Waals surface area contributed by atoms with Gasteiger partial charge in [0.15, 0.2) is 0 Å². The highest BCUT2D eigenvalue weighted by Crippen LogP contribution is 2.32. The van der Waals surface area contributed by atoms with Gasteiger partial charge in [-0.1, -0.05) is 64.5 Å². The van der Waals surface area contributed by atoms with Crippen molar-refractivity contribution in [1.29, 1.82) is 0 Å². The number of hydrogen-bond donors (Lipinski definition) is 0. The predicted octanol–water partition coefficient (Wildman–Crippen LogP) is 4.58. The second kappa shape index (κ2) is 3.76. The molecular formula is C16H22. The van der Waals surface area contributed by atoms with Crippen LogP contribution < -0.4 is 0 Å². The van der Waals surface area contributed by atoms with Crippen LogP contribution in [0.15, 0.2) is 23.8 Å². The van der Waals surface area contributed by atoms with E-state index in [-0.39, 0.29) is 5.41 Å². The molecule has 0 saturated heterocycles. The summed E-state index contributed by atoms with van der Waals surface area (Å²) >= 11 is 0. The lowest BCUT2D eigenvalue weighted by molar-refractivity contribution is 0.589. The largest absolute Gasteiger partial charge is 0.0626 e. The Morgan fingerprint density at radius 3 is 2.38 bits per heavy atom. The van der Waals surface area contributed by atoms with Crippen molar-refractivity contribution in [3.63, 3.8) is 0 Å². The molecule has 0 N–H and O–H groups in total. The molecule has 0 saturated carbocycles. The quantitative estimate of drug-likeness (QED) is 0.642. The smallest absolute Gasteiger partial charge is 0.00552 e. The fraction of sp³-hybridized carbons (Fsp3) is 0.500. The second-order valence-corrected chi connectivity index (χ2v) is 6.21. The van der Waals surface area contributed by atoms with Crippen molar-refractivity contribution >= 4 is 6.08 Å². The van der Waals surface area contributed by atoms with Crippen molar-refractivity contribution in [1.82, 2.24) is 0 Å². The lowest BCUT2D eigenvalue weighted by Gasteiger charge is -2.20. The summed E-state index contributed by atoms with van der Waals surface area (Å²) in [4.78, 5) is 0. The van der Waals surface area contributed by atoms with Crippen LogP contribution in [-0.2, 0) is 11.8 Å². The lowest BCUT2D eigenvalue weighted by atomic mass is 9.85. The second-order valence-electron chi connectivity index (χ2n) is 6.21. The average molecular weight is 214 g/mol. The van der Waals surface area contributed by atoms with Crippen LogP contribution in [0.1, 0.15) is 51.3 Å². The molecule has 0 fully saturated rings. The van der Waals surface area contributed by atoms with E-state index in [0.29, 0.717) is 5.92 Å². The van der Waals surface area contributed by atoms with E-state index in [4.69, 9.17) is 0 Å². The van der Waals surface area contributed by atoms with E-state index >= 15 is 0 Å². The monoisotopic (exact) mass is 214 g/mol. The van der Waals surface area contributed by atoms with Gasteiger partial charge >= 0.3 is 0 Å². The van der Waals surface area contributed by atoms with Gasteiger partial charge in [-0.25, -0.2) is 0 Å². The fourth-order valence-electron chi connectivity index (χ4n) is 2.21. The zero-order valence-electron chi connectivity index (χ0n) is 11.1. The summed E-state index contributed by atoms with van der Waals surface area (Å²) in [7, 11) is 0. The highest BCUT2D eigenvalue weighted by Gasteiger charge is 2.19. The zero-order chi connectivity index (χ0) is 11.9. The van der Waals surface area contributed by atoms with Gasteiger partial charge in [-0.15, -0.1) is 0 Å². The number of benzene rings is 1. The number of allylic oxidation sites excluding steroid dienone is 1. The Balaban J connectivity index is 2.34. The molecule has 1 aromatic rings. The minimum Gasteiger partial charge on any atom is -0.0626 e. The molecule has 16 heavy (non-hydrogen) atoms. The average Bonchev–Trinajstić information content (AvgIpc) is 2.58. The maximum atomic E-state index is 2.39. The van der Waals surface area contributed by atoms with Crippen molar-refractivity contribution < 1.29 is 0 Å². The first-order valence-corrected chi connectivity index (χ1v) is 6.22. The molecule has 1 aliphatic rings.